The summed E-state index contributed by atoms with van der Waals surface area (Å²) in [7, 11) is 0. The van der Waals surface area contributed by atoms with Crippen LogP contribution in [-0.4, -0.2) is 54.5 Å². The lowest BCUT2D eigenvalue weighted by Gasteiger charge is -2.38. The van der Waals surface area contributed by atoms with Gasteiger partial charge in [0.2, 0.25) is 0 Å². The minimum absolute atomic E-state index is 0.00526. The summed E-state index contributed by atoms with van der Waals surface area (Å²) >= 11 is 0. The number of carbonyl (C=O) groups excluding carboxylic acids is 1. The molecular weight excluding hydrogens is 332 g/mol. The van der Waals surface area contributed by atoms with Gasteiger partial charge in [0, 0.05) is 49.7 Å². The molecule has 1 saturated heterocycles. The Kier molecular flexibility index (Phi) is 4.93. The molecule has 0 N–H and O–H groups in total. The molecule has 1 aromatic heterocycles. The first-order chi connectivity index (χ1) is 12.7. The fraction of sp³-hybridized carbons (Fsp3) is 0.500. The summed E-state index contributed by atoms with van der Waals surface area (Å²) in [6, 6.07) is 9.07. The first-order valence-corrected chi connectivity index (χ1v) is 9.37. The molecule has 2 aromatic rings. The second-order valence-corrected chi connectivity index (χ2v) is 7.10. The average molecular weight is 356 g/mol. The molecule has 2 aliphatic rings. The normalized spacial score (nSPS) is 19.2. The second-order valence-electron chi connectivity index (χ2n) is 7.10. The maximum Gasteiger partial charge on any atom is 0.336 e. The van der Waals surface area contributed by atoms with Gasteiger partial charge in [-0.15, -0.1) is 0 Å². The van der Waals surface area contributed by atoms with Crippen molar-refractivity contribution >= 4 is 16.9 Å². The molecule has 1 amide bonds. The van der Waals surface area contributed by atoms with E-state index in [-0.39, 0.29) is 12.5 Å². The van der Waals surface area contributed by atoms with Gasteiger partial charge in [0.25, 0.3) is 5.91 Å². The van der Waals surface area contributed by atoms with Crippen molar-refractivity contribution in [2.24, 2.45) is 0 Å². The number of fused-ring (bicyclic) bond motifs is 1. The summed E-state index contributed by atoms with van der Waals surface area (Å²) in [5, 5.41) is 0.825. The van der Waals surface area contributed by atoms with Gasteiger partial charge in [-0.05, 0) is 31.0 Å². The molecule has 0 unspecified atom stereocenters. The number of hydrogen-bond donors (Lipinski definition) is 0. The van der Waals surface area contributed by atoms with Crippen molar-refractivity contribution in [1.29, 1.82) is 0 Å². The van der Waals surface area contributed by atoms with E-state index in [0.717, 1.165) is 37.6 Å². The molecule has 1 aliphatic carbocycles. The molecule has 4 rings (SSSR count). The predicted molar refractivity (Wildman–Crippen MR) is 98.4 cm³/mol. The smallest absolute Gasteiger partial charge is 0.336 e. The molecular formula is C20H24N2O4. The zero-order chi connectivity index (χ0) is 17.9. The lowest BCUT2D eigenvalue weighted by molar-refractivity contribution is -0.135. The van der Waals surface area contributed by atoms with Crippen molar-refractivity contribution in [3.63, 3.8) is 0 Å². The number of carbonyl (C=O) groups is 1. The van der Waals surface area contributed by atoms with E-state index in [4.69, 9.17) is 9.15 Å². The highest BCUT2D eigenvalue weighted by Crippen LogP contribution is 2.24. The molecule has 0 radical (unpaired) electrons. The Bertz CT molecular complexity index is 833. The molecule has 138 valence electrons. The van der Waals surface area contributed by atoms with Crippen molar-refractivity contribution in [2.75, 3.05) is 32.8 Å². The van der Waals surface area contributed by atoms with Crippen LogP contribution in [0.1, 0.15) is 25.7 Å². The van der Waals surface area contributed by atoms with Crippen LogP contribution in [0.5, 0.6) is 5.75 Å². The highest BCUT2D eigenvalue weighted by atomic mass is 16.5. The van der Waals surface area contributed by atoms with E-state index in [9.17, 15) is 9.59 Å². The van der Waals surface area contributed by atoms with E-state index in [1.807, 2.05) is 11.0 Å². The van der Waals surface area contributed by atoms with Gasteiger partial charge in [0.15, 0.2) is 6.61 Å². The molecule has 2 fully saturated rings. The molecule has 2 heterocycles. The summed E-state index contributed by atoms with van der Waals surface area (Å²) < 4.78 is 10.8. The first kappa shape index (κ1) is 17.1. The molecule has 0 atom stereocenters. The monoisotopic (exact) mass is 356 g/mol. The van der Waals surface area contributed by atoms with E-state index >= 15 is 0 Å². The highest BCUT2D eigenvalue weighted by Gasteiger charge is 2.27. The zero-order valence-electron chi connectivity index (χ0n) is 14.9. The molecule has 1 aliphatic heterocycles. The number of rotatable bonds is 4. The fourth-order valence-corrected chi connectivity index (χ4v) is 3.97. The Balaban J connectivity index is 1.30. The predicted octanol–water partition coefficient (Wildman–Crippen LogP) is 2.26. The third kappa shape index (κ3) is 3.75. The van der Waals surface area contributed by atoms with E-state index in [1.165, 1.54) is 31.7 Å². The topological polar surface area (TPSA) is 63.0 Å². The third-order valence-electron chi connectivity index (χ3n) is 5.46. The van der Waals surface area contributed by atoms with E-state index < -0.39 is 5.63 Å². The minimum atomic E-state index is -0.397. The third-order valence-corrected chi connectivity index (χ3v) is 5.46. The Morgan fingerprint density at radius 2 is 1.81 bits per heavy atom. The number of ether oxygens (including phenoxy) is 1. The molecule has 6 nitrogen and oxygen atoms in total. The van der Waals surface area contributed by atoms with Crippen molar-refractivity contribution < 1.29 is 13.9 Å². The second kappa shape index (κ2) is 7.50. The van der Waals surface area contributed by atoms with Crippen LogP contribution in [0.3, 0.4) is 0 Å². The van der Waals surface area contributed by atoms with Crippen LogP contribution in [0.15, 0.2) is 39.5 Å². The van der Waals surface area contributed by atoms with Crippen LogP contribution in [-0.2, 0) is 4.79 Å². The van der Waals surface area contributed by atoms with E-state index in [0.29, 0.717) is 11.3 Å². The number of piperazine rings is 1. The molecule has 6 heteroatoms. The Hall–Kier alpha value is -2.34. The molecule has 1 saturated carbocycles. The summed E-state index contributed by atoms with van der Waals surface area (Å²) in [5.41, 5.74) is 0.0680. The maximum absolute atomic E-state index is 12.4. The summed E-state index contributed by atoms with van der Waals surface area (Å²) in [6.07, 6.45) is 5.28. The standard InChI is InChI=1S/C20H24N2O4/c23-19(22-11-9-21(10-12-22)16-3-1-2-4-16)14-25-17-7-5-15-6-8-20(24)26-18(15)13-17/h5-8,13,16H,1-4,9-12,14H2. The molecule has 0 spiro atoms. The van der Waals surface area contributed by atoms with E-state index in [2.05, 4.69) is 4.90 Å². The lowest BCUT2D eigenvalue weighted by Crippen LogP contribution is -2.52. The lowest BCUT2D eigenvalue weighted by atomic mass is 10.2. The van der Waals surface area contributed by atoms with Crippen LogP contribution < -0.4 is 10.4 Å². The Morgan fingerprint density at radius 1 is 1.08 bits per heavy atom. The van der Waals surface area contributed by atoms with Crippen molar-refractivity contribution in [3.05, 3.63) is 40.8 Å². The van der Waals surface area contributed by atoms with Gasteiger partial charge in [-0.1, -0.05) is 12.8 Å². The van der Waals surface area contributed by atoms with Gasteiger partial charge < -0.3 is 14.1 Å². The van der Waals surface area contributed by atoms with Crippen molar-refractivity contribution in [1.82, 2.24) is 9.80 Å². The summed E-state index contributed by atoms with van der Waals surface area (Å²) in [5.74, 6) is 0.537. The van der Waals surface area contributed by atoms with Crippen molar-refractivity contribution in [3.8, 4) is 5.75 Å². The molecule has 1 aromatic carbocycles. The number of nitrogens with zero attached hydrogens (tertiary/aromatic N) is 2. The minimum Gasteiger partial charge on any atom is -0.484 e. The Morgan fingerprint density at radius 3 is 2.58 bits per heavy atom. The first-order valence-electron chi connectivity index (χ1n) is 9.37. The summed E-state index contributed by atoms with van der Waals surface area (Å²) in [4.78, 5) is 28.2. The SMILES string of the molecule is O=C(COc1ccc2ccc(=O)oc2c1)N1CCN(C2CCCC2)CC1. The average Bonchev–Trinajstić information content (AvgIpc) is 3.20. The maximum atomic E-state index is 12.4. The highest BCUT2D eigenvalue weighted by molar-refractivity contribution is 5.79. The molecule has 0 bridgehead atoms. The van der Waals surface area contributed by atoms with Gasteiger partial charge >= 0.3 is 5.63 Å². The van der Waals surface area contributed by atoms with Crippen LogP contribution in [0.4, 0.5) is 0 Å². The van der Waals surface area contributed by atoms with Gasteiger partial charge in [-0.3, -0.25) is 9.69 Å². The van der Waals surface area contributed by atoms with Crippen LogP contribution in [0.2, 0.25) is 0 Å². The van der Waals surface area contributed by atoms with Gasteiger partial charge in [0.05, 0.1) is 0 Å². The van der Waals surface area contributed by atoms with Crippen LogP contribution in [0.25, 0.3) is 11.0 Å². The molecule has 26 heavy (non-hydrogen) atoms. The van der Waals surface area contributed by atoms with Gasteiger partial charge in [0.1, 0.15) is 11.3 Å². The number of benzene rings is 1. The van der Waals surface area contributed by atoms with Crippen LogP contribution >= 0.6 is 0 Å². The quantitative estimate of drug-likeness (QED) is 0.787. The number of amides is 1. The van der Waals surface area contributed by atoms with Crippen LogP contribution in [0, 0.1) is 0 Å². The zero-order valence-corrected chi connectivity index (χ0v) is 14.9. The Labute approximate surface area is 152 Å². The van der Waals surface area contributed by atoms with E-state index in [1.54, 1.807) is 18.2 Å². The summed E-state index contributed by atoms with van der Waals surface area (Å²) in [6.45, 7) is 3.46. The van der Waals surface area contributed by atoms with Crippen molar-refractivity contribution in [2.45, 2.75) is 31.7 Å². The van der Waals surface area contributed by atoms with Gasteiger partial charge in [-0.25, -0.2) is 4.79 Å². The number of hydrogen-bond acceptors (Lipinski definition) is 5. The largest absolute Gasteiger partial charge is 0.484 e. The van der Waals surface area contributed by atoms with Gasteiger partial charge in [-0.2, -0.15) is 0 Å². The fourth-order valence-electron chi connectivity index (χ4n) is 3.97.